The standard InChI is InChI=1S/C14H21ClO4S/c1-4-18-8-5-9-19-14-7-6-12(20(15,16)17)10-13(14)11(2)3/h6-7,10-11H,4-5,8-9H2,1-3H3. The molecule has 0 aromatic heterocycles. The predicted molar refractivity (Wildman–Crippen MR) is 80.2 cm³/mol. The number of rotatable bonds is 8. The number of benzene rings is 1. The van der Waals surface area contributed by atoms with Crippen LogP contribution in [0.15, 0.2) is 23.1 Å². The van der Waals surface area contributed by atoms with Gasteiger partial charge in [0.05, 0.1) is 11.5 Å². The fourth-order valence-corrected chi connectivity index (χ4v) is 2.53. The van der Waals surface area contributed by atoms with Crippen LogP contribution in [-0.4, -0.2) is 28.2 Å². The van der Waals surface area contributed by atoms with Crippen molar-refractivity contribution in [1.29, 1.82) is 0 Å². The molecule has 0 saturated carbocycles. The zero-order valence-electron chi connectivity index (χ0n) is 12.1. The molecule has 0 spiro atoms. The molecule has 0 saturated heterocycles. The van der Waals surface area contributed by atoms with Gasteiger partial charge in [0.2, 0.25) is 0 Å². The molecule has 0 N–H and O–H groups in total. The lowest BCUT2D eigenvalue weighted by Gasteiger charge is -2.15. The van der Waals surface area contributed by atoms with Crippen molar-refractivity contribution in [3.05, 3.63) is 23.8 Å². The SMILES string of the molecule is CCOCCCOc1ccc(S(=O)(=O)Cl)cc1C(C)C. The highest BCUT2D eigenvalue weighted by molar-refractivity contribution is 8.13. The Kier molecular flexibility index (Phi) is 6.79. The monoisotopic (exact) mass is 320 g/mol. The van der Waals surface area contributed by atoms with Crippen molar-refractivity contribution in [2.24, 2.45) is 0 Å². The third kappa shape index (κ3) is 5.31. The lowest BCUT2D eigenvalue weighted by atomic mass is 10.0. The largest absolute Gasteiger partial charge is 0.493 e. The van der Waals surface area contributed by atoms with Gasteiger partial charge in [-0.1, -0.05) is 13.8 Å². The van der Waals surface area contributed by atoms with Crippen LogP contribution in [0.1, 0.15) is 38.7 Å². The van der Waals surface area contributed by atoms with Crippen molar-refractivity contribution in [2.45, 2.75) is 38.0 Å². The zero-order valence-corrected chi connectivity index (χ0v) is 13.6. The summed E-state index contributed by atoms with van der Waals surface area (Å²) in [7, 11) is 1.65. The molecule has 0 heterocycles. The van der Waals surface area contributed by atoms with Crippen LogP contribution in [0, 0.1) is 0 Å². The minimum atomic E-state index is -3.71. The molecule has 0 unspecified atom stereocenters. The summed E-state index contributed by atoms with van der Waals surface area (Å²) in [5.74, 6) is 0.843. The molecule has 6 heteroatoms. The first-order chi connectivity index (χ1) is 9.36. The van der Waals surface area contributed by atoms with E-state index in [0.717, 1.165) is 12.0 Å². The minimum absolute atomic E-state index is 0.101. The van der Waals surface area contributed by atoms with Crippen molar-refractivity contribution in [1.82, 2.24) is 0 Å². The Labute approximate surface area is 125 Å². The fourth-order valence-electron chi connectivity index (χ4n) is 1.75. The second-order valence-corrected chi connectivity index (χ2v) is 7.26. The quantitative estimate of drug-likeness (QED) is 0.543. The van der Waals surface area contributed by atoms with E-state index >= 15 is 0 Å². The first-order valence-electron chi connectivity index (χ1n) is 6.65. The van der Waals surface area contributed by atoms with E-state index in [2.05, 4.69) is 0 Å². The zero-order chi connectivity index (χ0) is 15.2. The van der Waals surface area contributed by atoms with Gasteiger partial charge < -0.3 is 9.47 Å². The van der Waals surface area contributed by atoms with Crippen LogP contribution >= 0.6 is 10.7 Å². The van der Waals surface area contributed by atoms with Gasteiger partial charge in [0.15, 0.2) is 0 Å². The molecule has 0 atom stereocenters. The van der Waals surface area contributed by atoms with Crippen LogP contribution in [-0.2, 0) is 13.8 Å². The molecular formula is C14H21ClO4S. The van der Waals surface area contributed by atoms with E-state index in [1.807, 2.05) is 20.8 Å². The van der Waals surface area contributed by atoms with Crippen LogP contribution in [0.2, 0.25) is 0 Å². The molecule has 20 heavy (non-hydrogen) atoms. The van der Waals surface area contributed by atoms with Crippen LogP contribution in [0.25, 0.3) is 0 Å². The highest BCUT2D eigenvalue weighted by atomic mass is 35.7. The molecule has 0 radical (unpaired) electrons. The highest BCUT2D eigenvalue weighted by Gasteiger charge is 2.15. The Hall–Kier alpha value is -0.780. The van der Waals surface area contributed by atoms with E-state index in [-0.39, 0.29) is 10.8 Å². The Bertz CT molecular complexity index is 526. The third-order valence-corrected chi connectivity index (χ3v) is 4.13. The van der Waals surface area contributed by atoms with Crippen LogP contribution in [0.4, 0.5) is 0 Å². The summed E-state index contributed by atoms with van der Waals surface area (Å²) in [5, 5.41) is 0. The fraction of sp³-hybridized carbons (Fsp3) is 0.571. The van der Waals surface area contributed by atoms with E-state index in [1.165, 1.54) is 6.07 Å². The van der Waals surface area contributed by atoms with Crippen molar-refractivity contribution in [3.8, 4) is 5.75 Å². The second kappa shape index (κ2) is 7.86. The predicted octanol–water partition coefficient (Wildman–Crippen LogP) is 3.54. The Morgan fingerprint density at radius 1 is 1.25 bits per heavy atom. The van der Waals surface area contributed by atoms with Gasteiger partial charge in [-0.3, -0.25) is 0 Å². The average Bonchev–Trinajstić information content (AvgIpc) is 2.37. The van der Waals surface area contributed by atoms with E-state index in [9.17, 15) is 8.42 Å². The molecule has 0 bridgehead atoms. The molecule has 0 fully saturated rings. The van der Waals surface area contributed by atoms with Gasteiger partial charge in [-0.2, -0.15) is 0 Å². The average molecular weight is 321 g/mol. The smallest absolute Gasteiger partial charge is 0.261 e. The second-order valence-electron chi connectivity index (χ2n) is 4.69. The van der Waals surface area contributed by atoms with Gasteiger partial charge in [0.1, 0.15) is 5.75 Å². The van der Waals surface area contributed by atoms with Gasteiger partial charge in [-0.05, 0) is 36.6 Å². The summed E-state index contributed by atoms with van der Waals surface area (Å²) in [6.45, 7) is 7.79. The molecule has 1 rings (SSSR count). The normalized spacial score (nSPS) is 11.8. The highest BCUT2D eigenvalue weighted by Crippen LogP contribution is 2.30. The Morgan fingerprint density at radius 3 is 2.50 bits per heavy atom. The third-order valence-electron chi connectivity index (χ3n) is 2.78. The van der Waals surface area contributed by atoms with Gasteiger partial charge in [-0.25, -0.2) is 8.42 Å². The maximum Gasteiger partial charge on any atom is 0.261 e. The van der Waals surface area contributed by atoms with Crippen LogP contribution in [0.5, 0.6) is 5.75 Å². The molecule has 1 aromatic carbocycles. The summed E-state index contributed by atoms with van der Waals surface area (Å²) in [6.07, 6.45) is 0.793. The van der Waals surface area contributed by atoms with Crippen molar-refractivity contribution in [2.75, 3.05) is 19.8 Å². The van der Waals surface area contributed by atoms with E-state index in [0.29, 0.717) is 25.6 Å². The Balaban J connectivity index is 2.81. The van der Waals surface area contributed by atoms with E-state index in [1.54, 1.807) is 12.1 Å². The van der Waals surface area contributed by atoms with Gasteiger partial charge in [0, 0.05) is 30.3 Å². The first-order valence-corrected chi connectivity index (χ1v) is 8.96. The maximum absolute atomic E-state index is 11.4. The minimum Gasteiger partial charge on any atom is -0.493 e. The van der Waals surface area contributed by atoms with Crippen molar-refractivity contribution >= 4 is 19.7 Å². The van der Waals surface area contributed by atoms with Gasteiger partial charge in [0.25, 0.3) is 9.05 Å². The van der Waals surface area contributed by atoms with E-state index < -0.39 is 9.05 Å². The van der Waals surface area contributed by atoms with Crippen molar-refractivity contribution < 1.29 is 17.9 Å². The molecule has 114 valence electrons. The van der Waals surface area contributed by atoms with Gasteiger partial charge >= 0.3 is 0 Å². The number of hydrogen-bond donors (Lipinski definition) is 0. The number of halogens is 1. The summed E-state index contributed by atoms with van der Waals surface area (Å²) >= 11 is 0. The number of ether oxygens (including phenoxy) is 2. The van der Waals surface area contributed by atoms with Crippen LogP contribution in [0.3, 0.4) is 0 Å². The molecule has 0 aliphatic rings. The van der Waals surface area contributed by atoms with Crippen LogP contribution < -0.4 is 4.74 Å². The molecular weight excluding hydrogens is 300 g/mol. The summed E-state index contributed by atoms with van der Waals surface area (Å²) in [4.78, 5) is 0.101. The Morgan fingerprint density at radius 2 is 1.95 bits per heavy atom. The van der Waals surface area contributed by atoms with E-state index in [4.69, 9.17) is 20.2 Å². The lowest BCUT2D eigenvalue weighted by molar-refractivity contribution is 0.130. The first kappa shape index (κ1) is 17.3. The molecule has 0 aliphatic heterocycles. The molecule has 4 nitrogen and oxygen atoms in total. The topological polar surface area (TPSA) is 52.6 Å². The maximum atomic E-state index is 11.4. The summed E-state index contributed by atoms with van der Waals surface area (Å²) in [6, 6.07) is 4.70. The lowest BCUT2D eigenvalue weighted by Crippen LogP contribution is -2.05. The molecule has 0 amide bonds. The number of hydrogen-bond acceptors (Lipinski definition) is 4. The van der Waals surface area contributed by atoms with Gasteiger partial charge in [-0.15, -0.1) is 0 Å². The summed E-state index contributed by atoms with van der Waals surface area (Å²) in [5.41, 5.74) is 0.836. The summed E-state index contributed by atoms with van der Waals surface area (Å²) < 4.78 is 33.6. The van der Waals surface area contributed by atoms with Crippen molar-refractivity contribution in [3.63, 3.8) is 0 Å². The molecule has 0 aliphatic carbocycles. The molecule has 1 aromatic rings.